The van der Waals surface area contributed by atoms with E-state index in [2.05, 4.69) is 5.32 Å². The van der Waals surface area contributed by atoms with E-state index in [1.807, 2.05) is 76.2 Å². The summed E-state index contributed by atoms with van der Waals surface area (Å²) in [4.78, 5) is 27.4. The molecule has 0 saturated carbocycles. The Morgan fingerprint density at radius 1 is 0.900 bits per heavy atom. The van der Waals surface area contributed by atoms with Crippen LogP contribution in [0.4, 0.5) is 5.69 Å². The molecule has 2 aromatic rings. The summed E-state index contributed by atoms with van der Waals surface area (Å²) in [6.45, 7) is 8.73. The van der Waals surface area contributed by atoms with Gasteiger partial charge in [-0.05, 0) is 69.2 Å². The van der Waals surface area contributed by atoms with Crippen LogP contribution < -0.4 is 14.8 Å². The fourth-order valence-electron chi connectivity index (χ4n) is 3.30. The van der Waals surface area contributed by atoms with Crippen LogP contribution in [0.3, 0.4) is 0 Å². The first-order valence-electron chi connectivity index (χ1n) is 10.3. The van der Waals surface area contributed by atoms with Gasteiger partial charge in [-0.2, -0.15) is 0 Å². The number of rotatable bonds is 9. The number of hydrogen-bond donors (Lipinski definition) is 1. The maximum absolute atomic E-state index is 13.1. The maximum Gasteiger partial charge on any atom is 0.278 e. The molecule has 0 aliphatic carbocycles. The normalized spacial score (nSPS) is 14.0. The molecular formula is C24H28N2O4. The number of carbonyl (C=O) groups is 2. The molecule has 1 heterocycles. The van der Waals surface area contributed by atoms with Crippen LogP contribution in [0, 0.1) is 0 Å². The molecular weight excluding hydrogens is 380 g/mol. The van der Waals surface area contributed by atoms with E-state index in [1.54, 1.807) is 0 Å². The van der Waals surface area contributed by atoms with E-state index >= 15 is 0 Å². The van der Waals surface area contributed by atoms with Crippen molar-refractivity contribution in [2.24, 2.45) is 0 Å². The summed E-state index contributed by atoms with van der Waals surface area (Å²) in [7, 11) is 0. The van der Waals surface area contributed by atoms with Crippen molar-refractivity contribution in [2.75, 3.05) is 18.5 Å². The largest absolute Gasteiger partial charge is 0.494 e. The first-order valence-corrected chi connectivity index (χ1v) is 10.3. The first-order chi connectivity index (χ1) is 14.4. The first kappa shape index (κ1) is 21.4. The number of hydrogen-bond acceptors (Lipinski definition) is 5. The van der Waals surface area contributed by atoms with Gasteiger partial charge in [0.05, 0.1) is 18.3 Å². The average Bonchev–Trinajstić information content (AvgIpc) is 2.94. The summed E-state index contributed by atoms with van der Waals surface area (Å²) in [5.74, 6) is 0.873. The molecule has 0 atom stereocenters. The molecule has 3 rings (SSSR count). The lowest BCUT2D eigenvalue weighted by atomic mass is 10.0. The van der Waals surface area contributed by atoms with E-state index < -0.39 is 0 Å². The molecule has 0 saturated heterocycles. The van der Waals surface area contributed by atoms with Gasteiger partial charge in [0.25, 0.3) is 11.8 Å². The fourth-order valence-corrected chi connectivity index (χ4v) is 3.30. The minimum atomic E-state index is -0.312. The predicted molar refractivity (Wildman–Crippen MR) is 117 cm³/mol. The van der Waals surface area contributed by atoms with Crippen molar-refractivity contribution < 1.29 is 19.1 Å². The highest BCUT2D eigenvalue weighted by Gasteiger charge is 2.38. The molecule has 1 aliphatic rings. The zero-order chi connectivity index (χ0) is 21.7. The molecule has 158 valence electrons. The van der Waals surface area contributed by atoms with E-state index in [-0.39, 0.29) is 23.6 Å². The topological polar surface area (TPSA) is 67.9 Å². The third kappa shape index (κ3) is 4.64. The van der Waals surface area contributed by atoms with Crippen molar-refractivity contribution in [3.05, 3.63) is 59.8 Å². The number of amides is 2. The molecule has 2 aromatic carbocycles. The van der Waals surface area contributed by atoms with E-state index in [9.17, 15) is 9.59 Å². The Balaban J connectivity index is 1.95. The standard InChI is InChI=1S/C24H28N2O4/c1-5-15-26-23(27)21(17-7-11-20(12-8-17)30-16(3)4)22(24(26)28)25-18-9-13-19(14-10-18)29-6-2/h7-14,16,25H,5-6,15H2,1-4H3. The number of anilines is 1. The zero-order valence-electron chi connectivity index (χ0n) is 17.9. The second-order valence-electron chi connectivity index (χ2n) is 7.29. The summed E-state index contributed by atoms with van der Waals surface area (Å²) in [6.07, 6.45) is 0.754. The summed E-state index contributed by atoms with van der Waals surface area (Å²) in [6, 6.07) is 14.6. The molecule has 1 N–H and O–H groups in total. The minimum Gasteiger partial charge on any atom is -0.494 e. The van der Waals surface area contributed by atoms with Crippen LogP contribution >= 0.6 is 0 Å². The summed E-state index contributed by atoms with van der Waals surface area (Å²) < 4.78 is 11.2. The Morgan fingerprint density at radius 2 is 1.53 bits per heavy atom. The van der Waals surface area contributed by atoms with Crippen molar-refractivity contribution in [1.29, 1.82) is 0 Å². The van der Waals surface area contributed by atoms with Crippen molar-refractivity contribution in [1.82, 2.24) is 4.90 Å². The highest BCUT2D eigenvalue weighted by molar-refractivity contribution is 6.36. The predicted octanol–water partition coefficient (Wildman–Crippen LogP) is 4.47. The molecule has 0 spiro atoms. The molecule has 0 radical (unpaired) electrons. The second-order valence-corrected chi connectivity index (χ2v) is 7.29. The lowest BCUT2D eigenvalue weighted by molar-refractivity contribution is -0.136. The van der Waals surface area contributed by atoms with Crippen LogP contribution in [-0.4, -0.2) is 36.0 Å². The molecule has 0 fully saturated rings. The Bertz CT molecular complexity index is 931. The molecule has 0 unspecified atom stereocenters. The zero-order valence-corrected chi connectivity index (χ0v) is 17.9. The van der Waals surface area contributed by atoms with E-state index in [0.29, 0.717) is 36.4 Å². The number of nitrogens with zero attached hydrogens (tertiary/aromatic N) is 1. The molecule has 6 heteroatoms. The molecule has 0 aromatic heterocycles. The smallest absolute Gasteiger partial charge is 0.278 e. The van der Waals surface area contributed by atoms with Crippen LogP contribution in [-0.2, 0) is 9.59 Å². The monoisotopic (exact) mass is 408 g/mol. The van der Waals surface area contributed by atoms with Crippen LogP contribution in [0.15, 0.2) is 54.2 Å². The molecule has 2 amide bonds. The van der Waals surface area contributed by atoms with Crippen molar-refractivity contribution in [3.8, 4) is 11.5 Å². The van der Waals surface area contributed by atoms with Crippen molar-refractivity contribution in [3.63, 3.8) is 0 Å². The van der Waals surface area contributed by atoms with Crippen LogP contribution in [0.1, 0.15) is 39.7 Å². The van der Waals surface area contributed by atoms with Gasteiger partial charge in [0.2, 0.25) is 0 Å². The molecule has 30 heavy (non-hydrogen) atoms. The van der Waals surface area contributed by atoms with Gasteiger partial charge >= 0.3 is 0 Å². The quantitative estimate of drug-likeness (QED) is 0.620. The van der Waals surface area contributed by atoms with Gasteiger partial charge in [0.1, 0.15) is 17.2 Å². The van der Waals surface area contributed by atoms with Crippen molar-refractivity contribution >= 4 is 23.1 Å². The lowest BCUT2D eigenvalue weighted by Gasteiger charge is -2.14. The van der Waals surface area contributed by atoms with E-state index in [0.717, 1.165) is 11.5 Å². The van der Waals surface area contributed by atoms with Gasteiger partial charge in [0.15, 0.2) is 0 Å². The number of carbonyl (C=O) groups excluding carboxylic acids is 2. The lowest BCUT2D eigenvalue weighted by Crippen LogP contribution is -2.33. The van der Waals surface area contributed by atoms with Gasteiger partial charge in [-0.3, -0.25) is 14.5 Å². The SMILES string of the molecule is CCCN1C(=O)C(Nc2ccc(OCC)cc2)=C(c2ccc(OC(C)C)cc2)C1=O. The number of nitrogens with one attached hydrogen (secondary N) is 1. The van der Waals surface area contributed by atoms with Crippen LogP contribution in [0.2, 0.25) is 0 Å². The van der Waals surface area contributed by atoms with Crippen molar-refractivity contribution in [2.45, 2.75) is 40.2 Å². The summed E-state index contributed by atoms with van der Waals surface area (Å²) in [5, 5.41) is 3.15. The van der Waals surface area contributed by atoms with E-state index in [1.165, 1.54) is 4.90 Å². The Hall–Kier alpha value is -3.28. The van der Waals surface area contributed by atoms with Gasteiger partial charge in [-0.15, -0.1) is 0 Å². The second kappa shape index (κ2) is 9.48. The van der Waals surface area contributed by atoms with Gasteiger partial charge in [-0.25, -0.2) is 0 Å². The highest BCUT2D eigenvalue weighted by atomic mass is 16.5. The van der Waals surface area contributed by atoms with Gasteiger partial charge < -0.3 is 14.8 Å². The minimum absolute atomic E-state index is 0.0571. The Kier molecular flexibility index (Phi) is 6.77. The number of ether oxygens (including phenoxy) is 2. The maximum atomic E-state index is 13.1. The summed E-state index contributed by atoms with van der Waals surface area (Å²) >= 11 is 0. The summed E-state index contributed by atoms with van der Waals surface area (Å²) in [5.41, 5.74) is 2.05. The molecule has 0 bridgehead atoms. The van der Waals surface area contributed by atoms with Crippen LogP contribution in [0.5, 0.6) is 11.5 Å². The van der Waals surface area contributed by atoms with Gasteiger partial charge in [-0.1, -0.05) is 19.1 Å². The fraction of sp³-hybridized carbons (Fsp3) is 0.333. The molecule has 6 nitrogen and oxygen atoms in total. The third-order valence-corrected chi connectivity index (χ3v) is 4.56. The Labute approximate surface area is 177 Å². The van der Waals surface area contributed by atoms with E-state index in [4.69, 9.17) is 9.47 Å². The number of benzene rings is 2. The van der Waals surface area contributed by atoms with Crippen LogP contribution in [0.25, 0.3) is 5.57 Å². The average molecular weight is 408 g/mol. The third-order valence-electron chi connectivity index (χ3n) is 4.56. The highest BCUT2D eigenvalue weighted by Crippen LogP contribution is 2.32. The Morgan fingerprint density at radius 3 is 2.10 bits per heavy atom. The molecule has 1 aliphatic heterocycles. The number of imide groups is 1. The van der Waals surface area contributed by atoms with Gasteiger partial charge in [0, 0.05) is 12.2 Å².